The van der Waals surface area contributed by atoms with Crippen molar-refractivity contribution in [2.75, 3.05) is 52.9 Å². The van der Waals surface area contributed by atoms with Gasteiger partial charge in [-0.15, -0.1) is 0 Å². The van der Waals surface area contributed by atoms with E-state index >= 15 is 0 Å². The molecule has 0 bridgehead atoms. The predicted molar refractivity (Wildman–Crippen MR) is 319 cm³/mol. The standard InChI is InChI=1S/C68H90O26/c1-59(2)75-33-39-43(83-59)47-51(91-63(9,10)87-47)55(79-39)71-28-18-24-67(69,25-19-29-72-56-52-48(88-64(11,12)92-52)44-40(80-56)34-76-60(3,4)84-44)37-22-17-23-38(32-37)68(70,26-20-30-73-57-53-49(89-65(13,14)93-53)45-41(81-57)35-77-61(5,6)85-45)27-21-31-74-58-54-50(90-66(15,16)94-54)46-42(82-58)36-78-62(7,8)86-46/h17,22-23,32,39-58,69-70H,28-31,33-36H2,1-16H3/t39-,40-,41-,42-,43-,44-,45-,46-,47+,48+,49+,50+,51+,52+,53+,54+,55+,56+,57+,58+/m1/s1. The SMILES string of the molecule is CC1(C)O[C@@H]2[C@H](O1)[C@@H](OCC#CC(O)(C#CCO[C@H]1O[C@@H]3COC(C)(C)O[C@H]3[C@@H]3OC(C)(C)O[C@H]13)c1cccc(C(O)(C#CCO[C@H]3O[C@@H]4COC(C)(C)O[C@H]4[C@@H]4OC(C)(C)O[C@H]34)C#CCO[C@H]3O[C@@H]4COC(C)(C)O[C@H]4[C@@H]4OC(C)(C)O[C@H]34)c1)O[C@@H]1COC(C)(C)O[C@@H]21. The van der Waals surface area contributed by atoms with Crippen LogP contribution in [0.15, 0.2) is 24.3 Å². The normalized spacial score (nSPS) is 41.0. The molecule has 0 saturated carbocycles. The van der Waals surface area contributed by atoms with E-state index in [-0.39, 0.29) is 64.0 Å². The summed E-state index contributed by atoms with van der Waals surface area (Å²) in [6, 6.07) is 6.31. The number of aliphatic hydroxyl groups is 2. The second-order valence-corrected chi connectivity index (χ2v) is 29.1. The number of benzene rings is 1. The highest BCUT2D eigenvalue weighted by atomic mass is 16.9. The Labute approximate surface area is 548 Å². The molecule has 13 rings (SSSR count). The average Bonchev–Trinajstić information content (AvgIpc) is 1.59. The number of hydrogen-bond donors (Lipinski definition) is 2. The molecule has 12 fully saturated rings. The average molecular weight is 1320 g/mol. The molecule has 1 aromatic rings. The fourth-order valence-electron chi connectivity index (χ4n) is 14.0. The maximum Gasteiger partial charge on any atom is 0.214 e. The third-order valence-electron chi connectivity index (χ3n) is 17.8. The van der Waals surface area contributed by atoms with Crippen molar-refractivity contribution in [1.82, 2.24) is 0 Å². The van der Waals surface area contributed by atoms with Gasteiger partial charge in [0.15, 0.2) is 71.5 Å². The van der Waals surface area contributed by atoms with Crippen LogP contribution in [0, 0.1) is 47.4 Å². The first-order valence-electron chi connectivity index (χ1n) is 32.4. The zero-order chi connectivity index (χ0) is 66.8. The molecule has 26 nitrogen and oxygen atoms in total. The lowest BCUT2D eigenvalue weighted by Crippen LogP contribution is -2.63. The Hall–Kier alpha value is -3.58. The van der Waals surface area contributed by atoms with Crippen molar-refractivity contribution >= 4 is 0 Å². The molecule has 0 aromatic heterocycles. The minimum absolute atomic E-state index is 0.115. The molecule has 0 unspecified atom stereocenters. The summed E-state index contributed by atoms with van der Waals surface area (Å²) in [6.07, 6.45) is -13.2. The van der Waals surface area contributed by atoms with Crippen LogP contribution >= 0.6 is 0 Å². The van der Waals surface area contributed by atoms with Crippen molar-refractivity contribution in [2.24, 2.45) is 0 Å². The zero-order valence-electron chi connectivity index (χ0n) is 56.2. The molecule has 12 saturated heterocycles. The molecule has 1 aromatic carbocycles. The molecule has 0 aliphatic carbocycles. The number of hydrogen-bond acceptors (Lipinski definition) is 26. The summed E-state index contributed by atoms with van der Waals surface area (Å²) in [5.41, 5.74) is -4.37. The number of ether oxygens (including phenoxy) is 24. The van der Waals surface area contributed by atoms with Gasteiger partial charge in [0, 0.05) is 11.1 Å². The van der Waals surface area contributed by atoms with Crippen LogP contribution in [-0.2, 0) is 125 Å². The Bertz CT molecular complexity index is 2820. The van der Waals surface area contributed by atoms with E-state index in [0.29, 0.717) is 0 Å². The van der Waals surface area contributed by atoms with Gasteiger partial charge in [-0.25, -0.2) is 0 Å². The highest BCUT2D eigenvalue weighted by Crippen LogP contribution is 2.47. The fraction of sp³-hybridized carbons (Fsp3) is 0.794. The Morgan fingerprint density at radius 2 is 0.543 bits per heavy atom. The van der Waals surface area contributed by atoms with E-state index in [0.717, 1.165) is 0 Å². The van der Waals surface area contributed by atoms with Gasteiger partial charge in [0.1, 0.15) is 124 Å². The lowest BCUT2D eigenvalue weighted by molar-refractivity contribution is -0.369. The smallest absolute Gasteiger partial charge is 0.214 e. The van der Waals surface area contributed by atoms with E-state index in [9.17, 15) is 10.2 Å². The second-order valence-electron chi connectivity index (χ2n) is 29.1. The monoisotopic (exact) mass is 1320 g/mol. The molecule has 0 spiro atoms. The summed E-state index contributed by atoms with van der Waals surface area (Å²) >= 11 is 0. The number of fused-ring (bicyclic) bond motifs is 12. The van der Waals surface area contributed by atoms with Crippen molar-refractivity contribution in [3.05, 3.63) is 35.4 Å². The molecular weight excluding hydrogens is 1230 g/mol. The summed E-state index contributed by atoms with van der Waals surface area (Å²) in [7, 11) is 0. The van der Waals surface area contributed by atoms with E-state index in [1.165, 1.54) is 6.07 Å². The minimum Gasteiger partial charge on any atom is -0.364 e. The van der Waals surface area contributed by atoms with Crippen molar-refractivity contribution < 1.29 is 124 Å². The largest absolute Gasteiger partial charge is 0.364 e. The Balaban J connectivity index is 0.792. The van der Waals surface area contributed by atoms with Gasteiger partial charge in [-0.2, -0.15) is 0 Å². The lowest BCUT2D eigenvalue weighted by Gasteiger charge is -2.48. The van der Waals surface area contributed by atoms with Gasteiger partial charge in [0.2, 0.25) is 11.2 Å². The maximum atomic E-state index is 13.0. The van der Waals surface area contributed by atoms with Gasteiger partial charge in [-0.1, -0.05) is 41.9 Å². The summed E-state index contributed by atoms with van der Waals surface area (Å²) in [6.45, 7) is 28.8. The van der Waals surface area contributed by atoms with Crippen molar-refractivity contribution in [3.63, 3.8) is 0 Å². The summed E-state index contributed by atoms with van der Waals surface area (Å²) < 4.78 is 151. The number of rotatable bonds is 10. The topological polar surface area (TPSA) is 262 Å². The third-order valence-corrected chi connectivity index (χ3v) is 17.8. The van der Waals surface area contributed by atoms with Crippen LogP contribution < -0.4 is 0 Å². The van der Waals surface area contributed by atoms with Crippen LogP contribution in [0.1, 0.15) is 122 Å². The quantitative estimate of drug-likeness (QED) is 0.316. The van der Waals surface area contributed by atoms with E-state index in [1.54, 1.807) is 18.2 Å². The van der Waals surface area contributed by atoms with Gasteiger partial charge in [-0.3, -0.25) is 0 Å². The van der Waals surface area contributed by atoms with Crippen LogP contribution in [-0.4, -0.2) is 232 Å². The predicted octanol–water partition coefficient (Wildman–Crippen LogP) is 3.73. The Kier molecular flexibility index (Phi) is 18.5. The van der Waals surface area contributed by atoms with E-state index < -0.39 is 180 Å². The van der Waals surface area contributed by atoms with Gasteiger partial charge < -0.3 is 124 Å². The second kappa shape index (κ2) is 25.2. The first-order valence-corrected chi connectivity index (χ1v) is 32.4. The third kappa shape index (κ3) is 14.7. The fourth-order valence-corrected chi connectivity index (χ4v) is 14.0. The molecule has 94 heavy (non-hydrogen) atoms. The van der Waals surface area contributed by atoms with Gasteiger partial charge in [0.25, 0.3) is 0 Å². The van der Waals surface area contributed by atoms with Crippen molar-refractivity contribution in [1.29, 1.82) is 0 Å². The van der Waals surface area contributed by atoms with Crippen LogP contribution in [0.2, 0.25) is 0 Å². The molecule has 0 radical (unpaired) electrons. The molecular formula is C68H90O26. The molecule has 12 heterocycles. The molecule has 20 atom stereocenters. The first-order chi connectivity index (χ1) is 44.0. The molecule has 26 heteroatoms. The highest BCUT2D eigenvalue weighted by molar-refractivity contribution is 5.48. The maximum absolute atomic E-state index is 13.0. The molecule has 2 N–H and O–H groups in total. The van der Waals surface area contributed by atoms with Crippen molar-refractivity contribution in [2.45, 2.75) is 291 Å². The zero-order valence-corrected chi connectivity index (χ0v) is 56.2. The van der Waals surface area contributed by atoms with E-state index in [2.05, 4.69) is 47.4 Å². The van der Waals surface area contributed by atoms with Crippen molar-refractivity contribution in [3.8, 4) is 47.4 Å². The molecule has 518 valence electrons. The Morgan fingerprint density at radius 3 is 0.777 bits per heavy atom. The minimum atomic E-state index is -2.30. The molecule has 12 aliphatic heterocycles. The van der Waals surface area contributed by atoms with Gasteiger partial charge >= 0.3 is 0 Å². The lowest BCUT2D eigenvalue weighted by atomic mass is 9.88. The van der Waals surface area contributed by atoms with Crippen LogP contribution in [0.4, 0.5) is 0 Å². The summed E-state index contributed by atoms with van der Waals surface area (Å²) in [5.74, 6) is 16.2. The summed E-state index contributed by atoms with van der Waals surface area (Å²) in [4.78, 5) is 0. The van der Waals surface area contributed by atoms with Crippen LogP contribution in [0.25, 0.3) is 0 Å². The van der Waals surface area contributed by atoms with E-state index in [4.69, 9.17) is 114 Å². The van der Waals surface area contributed by atoms with Gasteiger partial charge in [-0.05, 0) is 141 Å². The van der Waals surface area contributed by atoms with Crippen LogP contribution in [0.3, 0.4) is 0 Å². The highest BCUT2D eigenvalue weighted by Gasteiger charge is 2.63. The van der Waals surface area contributed by atoms with Gasteiger partial charge in [0.05, 0.1) is 26.4 Å². The van der Waals surface area contributed by atoms with E-state index in [1.807, 2.05) is 111 Å². The Morgan fingerprint density at radius 1 is 0.330 bits per heavy atom. The first kappa shape index (κ1) is 68.9. The molecule has 12 aliphatic rings. The molecule has 0 amide bonds. The van der Waals surface area contributed by atoms with Crippen LogP contribution in [0.5, 0.6) is 0 Å². The summed E-state index contributed by atoms with van der Waals surface area (Å²) in [5, 5.41) is 26.0.